The molecule has 0 aliphatic rings. The summed E-state index contributed by atoms with van der Waals surface area (Å²) in [6.07, 6.45) is -4.43. The first-order valence-corrected chi connectivity index (χ1v) is 14.7. The normalized spacial score (nSPS) is 11.6. The van der Waals surface area contributed by atoms with E-state index in [2.05, 4.69) is 10.6 Å². The van der Waals surface area contributed by atoms with E-state index in [1.54, 1.807) is 29.6 Å². The van der Waals surface area contributed by atoms with Crippen LogP contribution in [0.25, 0.3) is 6.08 Å². The van der Waals surface area contributed by atoms with E-state index in [9.17, 15) is 45.1 Å². The van der Waals surface area contributed by atoms with Crippen molar-refractivity contribution in [3.05, 3.63) is 128 Å². The first-order valence-electron chi connectivity index (χ1n) is 13.0. The number of hydrogen-bond donors (Lipinski definition) is 3. The molecule has 0 heterocycles. The average Bonchev–Trinajstić information content (AvgIpc) is 3.02. The molecule has 244 valence electrons. The van der Waals surface area contributed by atoms with Crippen molar-refractivity contribution in [2.75, 3.05) is 16.4 Å². The lowest BCUT2D eigenvalue weighted by Gasteiger charge is -2.14. The number of halogens is 9. The minimum Gasteiger partial charge on any atom is -0.321 e. The van der Waals surface area contributed by atoms with E-state index in [0.717, 1.165) is 11.8 Å². The maximum Gasteiger partial charge on any atom is 0.422 e. The number of rotatable bonds is 9. The van der Waals surface area contributed by atoms with Crippen LogP contribution < -0.4 is 16.0 Å². The molecule has 0 saturated carbocycles. The molecule has 0 unspecified atom stereocenters. The highest BCUT2D eigenvalue weighted by Gasteiger charge is 2.42. The summed E-state index contributed by atoms with van der Waals surface area (Å²) in [5.41, 5.74) is -3.92. The van der Waals surface area contributed by atoms with Gasteiger partial charge in [-0.15, -0.1) is 11.8 Å². The van der Waals surface area contributed by atoms with Crippen LogP contribution in [0.2, 0.25) is 10.0 Å². The zero-order chi connectivity index (χ0) is 34.5. The van der Waals surface area contributed by atoms with Gasteiger partial charge in [0, 0.05) is 31.8 Å². The summed E-state index contributed by atoms with van der Waals surface area (Å²) in [4.78, 5) is 38.7. The van der Waals surface area contributed by atoms with Crippen LogP contribution in [0.4, 0.5) is 42.1 Å². The van der Waals surface area contributed by atoms with Crippen molar-refractivity contribution in [3.63, 3.8) is 0 Å². The number of carbonyl (C=O) groups is 3. The Labute approximate surface area is 275 Å². The van der Waals surface area contributed by atoms with Crippen LogP contribution in [0, 0.1) is 23.3 Å². The van der Waals surface area contributed by atoms with E-state index < -0.39 is 64.2 Å². The van der Waals surface area contributed by atoms with E-state index in [1.807, 2.05) is 0 Å². The van der Waals surface area contributed by atoms with Crippen molar-refractivity contribution >= 4 is 70.1 Å². The number of alkyl halides is 3. The van der Waals surface area contributed by atoms with Gasteiger partial charge in [-0.2, -0.15) is 13.2 Å². The van der Waals surface area contributed by atoms with Gasteiger partial charge in [-0.3, -0.25) is 14.4 Å². The molecule has 0 aromatic heterocycles. The summed E-state index contributed by atoms with van der Waals surface area (Å²) >= 11 is 13.3. The summed E-state index contributed by atoms with van der Waals surface area (Å²) in [7, 11) is 0. The average molecular weight is 716 g/mol. The number of hydrogen-bond acceptors (Lipinski definition) is 4. The zero-order valence-corrected chi connectivity index (χ0v) is 25.6. The molecule has 16 heteroatoms. The van der Waals surface area contributed by atoms with Crippen LogP contribution >= 0.6 is 35.0 Å². The van der Waals surface area contributed by atoms with Crippen LogP contribution in [0.1, 0.15) is 21.5 Å². The fourth-order valence-corrected chi connectivity index (χ4v) is 5.09. The number of benzene rings is 4. The molecular weight excluding hydrogens is 698 g/mol. The first kappa shape index (κ1) is 35.3. The van der Waals surface area contributed by atoms with E-state index in [4.69, 9.17) is 23.2 Å². The van der Waals surface area contributed by atoms with Crippen molar-refractivity contribution in [1.29, 1.82) is 0 Å². The second-order valence-electron chi connectivity index (χ2n) is 9.33. The van der Waals surface area contributed by atoms with Crippen LogP contribution in [0.5, 0.6) is 0 Å². The van der Waals surface area contributed by atoms with Crippen molar-refractivity contribution in [2.24, 2.45) is 0 Å². The van der Waals surface area contributed by atoms with Gasteiger partial charge in [-0.25, -0.2) is 17.6 Å². The molecule has 4 aromatic rings. The smallest absolute Gasteiger partial charge is 0.321 e. The molecule has 3 N–H and O–H groups in total. The summed E-state index contributed by atoms with van der Waals surface area (Å²) < 4.78 is 94.2. The van der Waals surface area contributed by atoms with Gasteiger partial charge in [0.15, 0.2) is 23.3 Å². The summed E-state index contributed by atoms with van der Waals surface area (Å²) in [5.74, 6) is -13.4. The van der Waals surface area contributed by atoms with Crippen LogP contribution in [-0.4, -0.2) is 23.5 Å². The largest absolute Gasteiger partial charge is 0.422 e. The lowest BCUT2D eigenvalue weighted by Crippen LogP contribution is -2.30. The Kier molecular flexibility index (Phi) is 11.2. The van der Waals surface area contributed by atoms with Gasteiger partial charge in [0.05, 0.1) is 5.75 Å². The molecule has 3 amide bonds. The highest BCUT2D eigenvalue weighted by Crippen LogP contribution is 2.38. The predicted octanol–water partition coefficient (Wildman–Crippen LogP) is 8.71. The van der Waals surface area contributed by atoms with Gasteiger partial charge in [0.1, 0.15) is 16.9 Å². The third-order valence-corrected chi connectivity index (χ3v) is 7.78. The molecule has 0 aliphatic carbocycles. The quantitative estimate of drug-likeness (QED) is 0.0701. The Balaban J connectivity index is 1.45. The van der Waals surface area contributed by atoms with Crippen molar-refractivity contribution in [3.8, 4) is 0 Å². The van der Waals surface area contributed by atoms with Gasteiger partial charge >= 0.3 is 6.18 Å². The molecule has 4 aromatic carbocycles. The number of carbonyl (C=O) groups excluding carboxylic acids is 3. The lowest BCUT2D eigenvalue weighted by molar-refractivity contribution is -0.143. The molecule has 47 heavy (non-hydrogen) atoms. The summed E-state index contributed by atoms with van der Waals surface area (Å²) in [6.45, 7) is 0. The van der Waals surface area contributed by atoms with E-state index in [1.165, 1.54) is 54.6 Å². The Morgan fingerprint density at radius 2 is 1.32 bits per heavy atom. The van der Waals surface area contributed by atoms with Crippen molar-refractivity contribution in [2.45, 2.75) is 11.1 Å². The Morgan fingerprint density at radius 3 is 1.87 bits per heavy atom. The minimum atomic E-state index is -5.73. The molecule has 0 fully saturated rings. The summed E-state index contributed by atoms with van der Waals surface area (Å²) in [6, 6.07) is 18.4. The van der Waals surface area contributed by atoms with E-state index >= 15 is 0 Å². The first-order chi connectivity index (χ1) is 22.2. The third kappa shape index (κ3) is 8.64. The summed E-state index contributed by atoms with van der Waals surface area (Å²) in [5, 5.41) is 7.08. The Bertz CT molecular complexity index is 1820. The topological polar surface area (TPSA) is 87.3 Å². The lowest BCUT2D eigenvalue weighted by atomic mass is 10.1. The SMILES string of the molecule is O=C(CSc1ccc(NC(=O)/C(=C/c2c(Cl)cccc2Cl)NC(=O)c2ccccc2)cc1)Nc1c(F)c(F)c(C(F)(F)F)c(F)c1F. The fraction of sp³-hybridized carbons (Fsp3) is 0.0645. The molecule has 0 saturated heterocycles. The fourth-order valence-electron chi connectivity index (χ4n) is 3.88. The zero-order valence-electron chi connectivity index (χ0n) is 23.2. The highest BCUT2D eigenvalue weighted by atomic mass is 35.5. The second-order valence-corrected chi connectivity index (χ2v) is 11.2. The van der Waals surface area contributed by atoms with Gasteiger partial charge < -0.3 is 16.0 Å². The van der Waals surface area contributed by atoms with Crippen molar-refractivity contribution in [1.82, 2.24) is 5.32 Å². The monoisotopic (exact) mass is 715 g/mol. The second kappa shape index (κ2) is 14.9. The minimum absolute atomic E-state index is 0.209. The van der Waals surface area contributed by atoms with Crippen LogP contribution in [-0.2, 0) is 15.8 Å². The molecule has 0 aliphatic heterocycles. The van der Waals surface area contributed by atoms with Gasteiger partial charge in [0.2, 0.25) is 5.91 Å². The number of nitrogens with one attached hydrogen (secondary N) is 3. The molecular formula is C31H18Cl2F7N3O3S. The molecule has 0 bridgehead atoms. The van der Waals surface area contributed by atoms with Gasteiger partial charge in [-0.1, -0.05) is 47.5 Å². The maximum absolute atomic E-state index is 14.1. The molecule has 6 nitrogen and oxygen atoms in total. The molecule has 0 spiro atoms. The predicted molar refractivity (Wildman–Crippen MR) is 164 cm³/mol. The highest BCUT2D eigenvalue weighted by molar-refractivity contribution is 8.00. The molecule has 0 atom stereocenters. The van der Waals surface area contributed by atoms with Gasteiger partial charge in [-0.05, 0) is 54.6 Å². The standard InChI is InChI=1S/C31H18Cl2F7N3O3S/c32-19-7-4-8-20(33)18(19)13-21(42-29(45)15-5-2-1-3-6-15)30(46)41-16-9-11-17(12-10-16)47-14-22(44)43-28-26(36)24(34)23(31(38,39)40)25(35)27(28)37/h1-13H,14H2,(H,41,46)(H,42,45)(H,43,44)/b21-13-. The third-order valence-electron chi connectivity index (χ3n) is 6.11. The number of anilines is 2. The molecule has 4 rings (SSSR count). The van der Waals surface area contributed by atoms with Crippen LogP contribution in [0.15, 0.2) is 83.4 Å². The number of amides is 3. The molecule has 0 radical (unpaired) electrons. The Morgan fingerprint density at radius 1 is 0.745 bits per heavy atom. The van der Waals surface area contributed by atoms with Gasteiger partial charge in [0.25, 0.3) is 11.8 Å². The van der Waals surface area contributed by atoms with Crippen molar-refractivity contribution < 1.29 is 45.1 Å². The number of thioether (sulfide) groups is 1. The maximum atomic E-state index is 14.1. The van der Waals surface area contributed by atoms with E-state index in [-0.39, 0.29) is 32.6 Å². The Hall–Kier alpha value is -4.53. The van der Waals surface area contributed by atoms with Crippen LogP contribution in [0.3, 0.4) is 0 Å². The van der Waals surface area contributed by atoms with E-state index in [0.29, 0.717) is 4.90 Å².